The minimum absolute atomic E-state index is 0.0231. The number of thiophene rings is 1. The molecule has 0 aliphatic carbocycles. The van der Waals surface area contributed by atoms with E-state index in [1.54, 1.807) is 30.5 Å². The molecule has 0 bridgehead atoms. The average molecular weight is 536 g/mol. The van der Waals surface area contributed by atoms with Crippen LogP contribution in [0.4, 0.5) is 0 Å². The SMILES string of the molecule is O=c1oc(-c2cc(Oc3ccsc3)nn2-c2ncccc2Cl)nc2c(Br)cc(Cl)cc12. The number of hydrogen-bond donors (Lipinski definition) is 0. The van der Waals surface area contributed by atoms with E-state index < -0.39 is 5.63 Å². The Morgan fingerprint density at radius 1 is 1.19 bits per heavy atom. The van der Waals surface area contributed by atoms with Crippen molar-refractivity contribution in [3.8, 4) is 29.0 Å². The van der Waals surface area contributed by atoms with Crippen LogP contribution in [0, 0.1) is 0 Å². The number of aromatic nitrogens is 4. The number of pyridine rings is 1. The van der Waals surface area contributed by atoms with E-state index in [1.165, 1.54) is 22.1 Å². The molecule has 0 saturated carbocycles. The van der Waals surface area contributed by atoms with E-state index in [1.807, 2.05) is 16.8 Å². The van der Waals surface area contributed by atoms with E-state index in [2.05, 4.69) is 31.0 Å². The summed E-state index contributed by atoms with van der Waals surface area (Å²) in [6.45, 7) is 0. The van der Waals surface area contributed by atoms with E-state index in [0.29, 0.717) is 37.3 Å². The second kappa shape index (κ2) is 8.08. The molecule has 0 N–H and O–H groups in total. The van der Waals surface area contributed by atoms with Gasteiger partial charge in [-0.3, -0.25) is 0 Å². The molecule has 0 radical (unpaired) electrons. The van der Waals surface area contributed by atoms with E-state index >= 15 is 0 Å². The first-order valence-electron chi connectivity index (χ1n) is 8.71. The van der Waals surface area contributed by atoms with Gasteiger partial charge in [-0.1, -0.05) is 23.2 Å². The number of fused-ring (bicyclic) bond motifs is 1. The molecule has 31 heavy (non-hydrogen) atoms. The Balaban J connectivity index is 1.73. The molecule has 0 spiro atoms. The lowest BCUT2D eigenvalue weighted by Gasteiger charge is -2.07. The number of rotatable bonds is 4. The van der Waals surface area contributed by atoms with E-state index in [0.717, 1.165) is 0 Å². The van der Waals surface area contributed by atoms with Gasteiger partial charge in [0.25, 0.3) is 0 Å². The van der Waals surface area contributed by atoms with Gasteiger partial charge < -0.3 is 9.15 Å². The third-order valence-electron chi connectivity index (χ3n) is 4.21. The molecule has 0 aliphatic heterocycles. The highest BCUT2D eigenvalue weighted by molar-refractivity contribution is 9.10. The monoisotopic (exact) mass is 534 g/mol. The average Bonchev–Trinajstić information content (AvgIpc) is 3.39. The fourth-order valence-electron chi connectivity index (χ4n) is 2.90. The number of halogens is 3. The maximum Gasteiger partial charge on any atom is 0.347 e. The molecule has 4 heterocycles. The summed E-state index contributed by atoms with van der Waals surface area (Å²) in [5.74, 6) is 1.24. The van der Waals surface area contributed by atoms with Gasteiger partial charge in [-0.15, -0.1) is 16.4 Å². The molecule has 0 unspecified atom stereocenters. The van der Waals surface area contributed by atoms with Gasteiger partial charge in [0.05, 0.1) is 15.9 Å². The molecule has 0 fully saturated rings. The Morgan fingerprint density at radius 2 is 2.06 bits per heavy atom. The van der Waals surface area contributed by atoms with Crippen molar-refractivity contribution >= 4 is 61.4 Å². The molecule has 0 aliphatic rings. The lowest BCUT2D eigenvalue weighted by molar-refractivity contribution is 0.459. The normalized spacial score (nSPS) is 11.2. The molecule has 4 aromatic heterocycles. The van der Waals surface area contributed by atoms with E-state index in [9.17, 15) is 4.79 Å². The summed E-state index contributed by atoms with van der Waals surface area (Å²) in [5, 5.41) is 9.16. The molecular weight excluding hydrogens is 527 g/mol. The van der Waals surface area contributed by atoms with Gasteiger partial charge in [0.1, 0.15) is 11.4 Å². The topological polar surface area (TPSA) is 83.0 Å². The minimum Gasteiger partial charge on any atom is -0.437 e. The summed E-state index contributed by atoms with van der Waals surface area (Å²) in [4.78, 5) is 21.5. The molecule has 0 amide bonds. The van der Waals surface area contributed by atoms with Crippen molar-refractivity contribution < 1.29 is 9.15 Å². The molecule has 7 nitrogen and oxygen atoms in total. The van der Waals surface area contributed by atoms with Crippen molar-refractivity contribution in [2.75, 3.05) is 0 Å². The van der Waals surface area contributed by atoms with E-state index in [4.69, 9.17) is 32.4 Å². The van der Waals surface area contributed by atoms with Gasteiger partial charge in [-0.2, -0.15) is 0 Å². The van der Waals surface area contributed by atoms with E-state index in [-0.39, 0.29) is 17.2 Å². The highest BCUT2D eigenvalue weighted by Gasteiger charge is 2.21. The Labute approximate surface area is 197 Å². The van der Waals surface area contributed by atoms with Crippen molar-refractivity contribution in [1.29, 1.82) is 0 Å². The zero-order chi connectivity index (χ0) is 21.5. The zero-order valence-electron chi connectivity index (χ0n) is 15.3. The van der Waals surface area contributed by atoms with Crippen molar-refractivity contribution in [2.45, 2.75) is 0 Å². The predicted octanol–water partition coefficient (Wildman–Crippen LogP) is 6.36. The molecule has 0 saturated heterocycles. The third kappa shape index (κ3) is 3.85. The van der Waals surface area contributed by atoms with Crippen LogP contribution in [0.5, 0.6) is 11.6 Å². The number of nitrogens with zero attached hydrogens (tertiary/aromatic N) is 4. The highest BCUT2D eigenvalue weighted by atomic mass is 79.9. The van der Waals surface area contributed by atoms with Crippen LogP contribution in [-0.2, 0) is 0 Å². The fraction of sp³-hybridized carbons (Fsp3) is 0. The summed E-state index contributed by atoms with van der Waals surface area (Å²) in [7, 11) is 0. The molecule has 11 heteroatoms. The Bertz CT molecular complexity index is 1480. The summed E-state index contributed by atoms with van der Waals surface area (Å²) in [5.41, 5.74) is 0.144. The highest BCUT2D eigenvalue weighted by Crippen LogP contribution is 2.32. The second-order valence-corrected chi connectivity index (χ2v) is 8.72. The second-order valence-electron chi connectivity index (χ2n) is 6.24. The first-order valence-corrected chi connectivity index (χ1v) is 11.2. The number of hydrogen-bond acceptors (Lipinski definition) is 7. The Kier molecular flexibility index (Phi) is 5.27. The minimum atomic E-state index is -0.594. The van der Waals surface area contributed by atoms with Crippen LogP contribution in [0.2, 0.25) is 10.0 Å². The molecule has 1 aromatic carbocycles. The van der Waals surface area contributed by atoms with Crippen molar-refractivity contribution in [1.82, 2.24) is 19.7 Å². The van der Waals surface area contributed by atoms with Crippen molar-refractivity contribution in [3.63, 3.8) is 0 Å². The molecule has 0 atom stereocenters. The van der Waals surface area contributed by atoms with Gasteiger partial charge in [-0.25, -0.2) is 19.4 Å². The van der Waals surface area contributed by atoms with Gasteiger partial charge in [0.15, 0.2) is 5.82 Å². The quantitative estimate of drug-likeness (QED) is 0.266. The van der Waals surface area contributed by atoms with Gasteiger partial charge >= 0.3 is 5.63 Å². The maximum absolute atomic E-state index is 12.7. The largest absolute Gasteiger partial charge is 0.437 e. The van der Waals surface area contributed by atoms with Crippen LogP contribution < -0.4 is 10.4 Å². The van der Waals surface area contributed by atoms with Crippen LogP contribution in [0.3, 0.4) is 0 Å². The standard InChI is InChI=1S/C20H9BrCl2N4O3S/c21-13-7-10(22)6-12-17(13)25-19(30-20(12)28)15-8-16(29-11-3-5-31-9-11)26-27(15)18-14(23)2-1-4-24-18/h1-9H. The van der Waals surface area contributed by atoms with Gasteiger partial charge in [0.2, 0.25) is 11.8 Å². The maximum atomic E-state index is 12.7. The summed E-state index contributed by atoms with van der Waals surface area (Å²) in [6.07, 6.45) is 1.58. The fourth-order valence-corrected chi connectivity index (χ4v) is 4.55. The predicted molar refractivity (Wildman–Crippen MR) is 123 cm³/mol. The lowest BCUT2D eigenvalue weighted by Crippen LogP contribution is -2.07. The van der Waals surface area contributed by atoms with Crippen LogP contribution in [0.15, 0.2) is 67.0 Å². The molecule has 154 valence electrons. The van der Waals surface area contributed by atoms with Crippen LogP contribution in [0.25, 0.3) is 28.3 Å². The van der Waals surface area contributed by atoms with Crippen LogP contribution in [0.1, 0.15) is 0 Å². The molecular formula is C20H9BrCl2N4O3S. The van der Waals surface area contributed by atoms with Crippen molar-refractivity contribution in [2.24, 2.45) is 0 Å². The smallest absolute Gasteiger partial charge is 0.347 e. The van der Waals surface area contributed by atoms with Gasteiger partial charge in [0, 0.05) is 27.1 Å². The van der Waals surface area contributed by atoms with Gasteiger partial charge in [-0.05, 0) is 51.6 Å². The molecule has 5 aromatic rings. The first kappa shape index (κ1) is 20.2. The van der Waals surface area contributed by atoms with Crippen LogP contribution in [-0.4, -0.2) is 19.7 Å². The van der Waals surface area contributed by atoms with Crippen LogP contribution >= 0.6 is 50.5 Å². The number of ether oxygens (including phenoxy) is 1. The number of benzene rings is 1. The summed E-state index contributed by atoms with van der Waals surface area (Å²) in [6, 6.07) is 9.95. The summed E-state index contributed by atoms with van der Waals surface area (Å²) < 4.78 is 13.3. The molecule has 5 rings (SSSR count). The zero-order valence-corrected chi connectivity index (χ0v) is 19.2. The summed E-state index contributed by atoms with van der Waals surface area (Å²) >= 11 is 17.3. The van der Waals surface area contributed by atoms with Crippen molar-refractivity contribution in [3.05, 3.63) is 78.3 Å². The Hall–Kier alpha value is -2.72. The third-order valence-corrected chi connectivity index (χ3v) is 5.99. The lowest BCUT2D eigenvalue weighted by atomic mass is 10.2. The first-order chi connectivity index (χ1) is 15.0. The Morgan fingerprint density at radius 3 is 2.84 bits per heavy atom.